The van der Waals surface area contributed by atoms with E-state index < -0.39 is 5.97 Å². The molecule has 0 unspecified atom stereocenters. The fourth-order valence-electron chi connectivity index (χ4n) is 6.48. The Bertz CT molecular complexity index is 1490. The molecule has 2 aliphatic heterocycles. The Morgan fingerprint density at radius 1 is 1.07 bits per heavy atom. The Balaban J connectivity index is 1.17. The molecule has 42 heavy (non-hydrogen) atoms. The summed E-state index contributed by atoms with van der Waals surface area (Å²) in [6.07, 6.45) is 5.61. The second-order valence-corrected chi connectivity index (χ2v) is 11.9. The summed E-state index contributed by atoms with van der Waals surface area (Å²) in [5.41, 5.74) is 6.28. The van der Waals surface area contributed by atoms with Crippen molar-refractivity contribution >= 4 is 11.9 Å². The molecule has 2 aromatic carbocycles. The van der Waals surface area contributed by atoms with E-state index in [1.165, 1.54) is 29.3 Å². The van der Waals surface area contributed by atoms with Crippen LogP contribution in [0.1, 0.15) is 88.2 Å². The van der Waals surface area contributed by atoms with Crippen LogP contribution in [0.15, 0.2) is 42.5 Å². The number of hydrogen-bond acceptors (Lipinski definition) is 5. The Morgan fingerprint density at radius 2 is 1.81 bits per heavy atom. The van der Waals surface area contributed by atoms with Gasteiger partial charge in [-0.05, 0) is 85.9 Å². The van der Waals surface area contributed by atoms with Gasteiger partial charge in [0.05, 0.1) is 29.1 Å². The van der Waals surface area contributed by atoms with Gasteiger partial charge in [-0.1, -0.05) is 25.1 Å². The standard InChI is InChI=1S/C34H38FN3O4/c1-3-16-42-31-18-22(17-28(23-4-5-23)32(31)24-6-8-25(35)9-7-24)20-37-13-10-26(11-14-37)38-15-12-30-29(33(38)39)19-27(34(40)41)21(2)36-30/h6-9,17-19,23,26H,3-5,10-16,20H2,1-2H3,(H,40,41). The third-order valence-electron chi connectivity index (χ3n) is 8.81. The van der Waals surface area contributed by atoms with Gasteiger partial charge in [-0.25, -0.2) is 9.18 Å². The number of fused-ring (bicyclic) bond motifs is 1. The van der Waals surface area contributed by atoms with Crippen LogP contribution in [0.2, 0.25) is 0 Å². The van der Waals surface area contributed by atoms with Crippen LogP contribution in [0, 0.1) is 12.7 Å². The molecule has 0 radical (unpaired) electrons. The van der Waals surface area contributed by atoms with E-state index >= 15 is 0 Å². The zero-order valence-corrected chi connectivity index (χ0v) is 24.4. The summed E-state index contributed by atoms with van der Waals surface area (Å²) >= 11 is 0. The van der Waals surface area contributed by atoms with E-state index in [0.29, 0.717) is 42.4 Å². The normalized spacial score (nSPS) is 17.8. The van der Waals surface area contributed by atoms with E-state index in [9.17, 15) is 19.1 Å². The van der Waals surface area contributed by atoms with Crippen LogP contribution >= 0.6 is 0 Å². The molecule has 6 rings (SSSR count). The lowest BCUT2D eigenvalue weighted by Gasteiger charge is -2.40. The number of carboxylic acids is 1. The molecule has 1 aromatic heterocycles. The minimum atomic E-state index is -1.06. The summed E-state index contributed by atoms with van der Waals surface area (Å²) < 4.78 is 20.0. The first-order valence-corrected chi connectivity index (χ1v) is 15.1. The van der Waals surface area contributed by atoms with Crippen molar-refractivity contribution in [1.82, 2.24) is 14.8 Å². The van der Waals surface area contributed by atoms with Crippen LogP contribution in [0.3, 0.4) is 0 Å². The van der Waals surface area contributed by atoms with Crippen molar-refractivity contribution < 1.29 is 23.8 Å². The van der Waals surface area contributed by atoms with E-state index in [4.69, 9.17) is 4.74 Å². The molecule has 1 aliphatic carbocycles. The van der Waals surface area contributed by atoms with Gasteiger partial charge in [0, 0.05) is 44.2 Å². The van der Waals surface area contributed by atoms with Gasteiger partial charge in [0.25, 0.3) is 5.91 Å². The van der Waals surface area contributed by atoms with Crippen LogP contribution < -0.4 is 4.74 Å². The number of nitrogens with zero attached hydrogens (tertiary/aromatic N) is 3. The summed E-state index contributed by atoms with van der Waals surface area (Å²) in [5.74, 6) is -0.0183. The minimum Gasteiger partial charge on any atom is -0.493 e. The molecule has 8 heteroatoms. The SMILES string of the molecule is CCCOc1cc(CN2CCC(N3CCc4nc(C)c(C(=O)O)cc4C3=O)CC2)cc(C2CC2)c1-c1ccc(F)cc1. The fourth-order valence-corrected chi connectivity index (χ4v) is 6.48. The largest absolute Gasteiger partial charge is 0.493 e. The molecular formula is C34H38FN3O4. The van der Waals surface area contributed by atoms with Crippen molar-refractivity contribution in [3.05, 3.63) is 81.9 Å². The van der Waals surface area contributed by atoms with E-state index in [0.717, 1.165) is 68.6 Å². The third kappa shape index (κ3) is 5.77. The second-order valence-electron chi connectivity index (χ2n) is 11.9. The van der Waals surface area contributed by atoms with Gasteiger partial charge in [-0.15, -0.1) is 0 Å². The predicted molar refractivity (Wildman–Crippen MR) is 159 cm³/mol. The molecule has 3 aromatic rings. The minimum absolute atomic E-state index is 0.0945. The van der Waals surface area contributed by atoms with Crippen molar-refractivity contribution in [3.8, 4) is 16.9 Å². The van der Waals surface area contributed by atoms with Gasteiger partial charge in [0.15, 0.2) is 0 Å². The molecule has 0 spiro atoms. The van der Waals surface area contributed by atoms with Gasteiger partial charge >= 0.3 is 5.97 Å². The summed E-state index contributed by atoms with van der Waals surface area (Å²) in [4.78, 5) is 33.9. The predicted octanol–water partition coefficient (Wildman–Crippen LogP) is 6.22. The summed E-state index contributed by atoms with van der Waals surface area (Å²) in [5, 5.41) is 9.52. The monoisotopic (exact) mass is 571 g/mol. The molecule has 3 heterocycles. The lowest BCUT2D eigenvalue weighted by atomic mass is 9.92. The number of pyridine rings is 1. The highest BCUT2D eigenvalue weighted by molar-refractivity contribution is 5.99. The summed E-state index contributed by atoms with van der Waals surface area (Å²) in [6, 6.07) is 12.8. The average Bonchev–Trinajstić information content (AvgIpc) is 3.83. The summed E-state index contributed by atoms with van der Waals surface area (Å²) in [6.45, 7) is 7.57. The number of aryl methyl sites for hydroxylation is 1. The number of amides is 1. The van der Waals surface area contributed by atoms with Gasteiger partial charge < -0.3 is 14.7 Å². The first kappa shape index (κ1) is 28.3. The van der Waals surface area contributed by atoms with Crippen LogP contribution in [-0.4, -0.2) is 64.0 Å². The number of aromatic nitrogens is 1. The molecule has 7 nitrogen and oxygen atoms in total. The number of likely N-dealkylation sites (tertiary alicyclic amines) is 1. The third-order valence-corrected chi connectivity index (χ3v) is 8.81. The number of benzene rings is 2. The quantitative estimate of drug-likeness (QED) is 0.328. The number of carbonyl (C=O) groups excluding carboxylic acids is 1. The van der Waals surface area contributed by atoms with Crippen LogP contribution in [0.4, 0.5) is 4.39 Å². The van der Waals surface area contributed by atoms with E-state index in [1.54, 1.807) is 6.92 Å². The number of aromatic carboxylic acids is 1. The number of ether oxygens (including phenoxy) is 1. The van der Waals surface area contributed by atoms with E-state index in [2.05, 4.69) is 28.9 Å². The molecule has 2 fully saturated rings. The molecule has 1 N–H and O–H groups in total. The molecular weight excluding hydrogens is 533 g/mol. The van der Waals surface area contributed by atoms with E-state index in [-0.39, 0.29) is 23.3 Å². The maximum Gasteiger partial charge on any atom is 0.337 e. The van der Waals surface area contributed by atoms with Crippen LogP contribution in [0.25, 0.3) is 11.1 Å². The molecule has 0 bridgehead atoms. The maximum absolute atomic E-state index is 13.7. The average molecular weight is 572 g/mol. The van der Waals surface area contributed by atoms with Crippen molar-refractivity contribution in [3.63, 3.8) is 0 Å². The molecule has 0 atom stereocenters. The number of rotatable bonds is 9. The number of hydrogen-bond donors (Lipinski definition) is 1. The van der Waals surface area contributed by atoms with Crippen molar-refractivity contribution in [2.24, 2.45) is 0 Å². The Kier molecular flexibility index (Phi) is 7.99. The highest BCUT2D eigenvalue weighted by Gasteiger charge is 2.34. The smallest absolute Gasteiger partial charge is 0.337 e. The Morgan fingerprint density at radius 3 is 2.48 bits per heavy atom. The lowest BCUT2D eigenvalue weighted by molar-refractivity contribution is 0.0543. The van der Waals surface area contributed by atoms with Crippen molar-refractivity contribution in [2.45, 2.75) is 70.9 Å². The number of carboxylic acid groups (broad SMARTS) is 1. The molecule has 1 saturated heterocycles. The van der Waals surface area contributed by atoms with Gasteiger partial charge in [0.1, 0.15) is 11.6 Å². The summed E-state index contributed by atoms with van der Waals surface area (Å²) in [7, 11) is 0. The van der Waals surface area contributed by atoms with Crippen molar-refractivity contribution in [1.29, 1.82) is 0 Å². The first-order valence-electron chi connectivity index (χ1n) is 15.1. The van der Waals surface area contributed by atoms with Crippen LogP contribution in [-0.2, 0) is 13.0 Å². The molecule has 3 aliphatic rings. The zero-order chi connectivity index (χ0) is 29.4. The van der Waals surface area contributed by atoms with Gasteiger partial charge in [-0.3, -0.25) is 14.7 Å². The highest BCUT2D eigenvalue weighted by Crippen LogP contribution is 2.48. The topological polar surface area (TPSA) is 83.0 Å². The molecule has 220 valence electrons. The van der Waals surface area contributed by atoms with Crippen LogP contribution in [0.5, 0.6) is 5.75 Å². The van der Waals surface area contributed by atoms with Gasteiger partial charge in [0.2, 0.25) is 0 Å². The maximum atomic E-state index is 13.7. The Hall–Kier alpha value is -3.78. The van der Waals surface area contributed by atoms with Crippen molar-refractivity contribution in [2.75, 3.05) is 26.2 Å². The highest BCUT2D eigenvalue weighted by atomic mass is 19.1. The number of piperidine rings is 1. The fraction of sp³-hybridized carbons (Fsp3) is 0.441. The lowest BCUT2D eigenvalue weighted by Crippen LogP contribution is -2.50. The number of halogens is 1. The first-order chi connectivity index (χ1) is 20.3. The zero-order valence-electron chi connectivity index (χ0n) is 24.4. The Labute approximate surface area is 246 Å². The van der Waals surface area contributed by atoms with Gasteiger partial charge in [-0.2, -0.15) is 0 Å². The molecule has 1 amide bonds. The number of carbonyl (C=O) groups is 2. The van der Waals surface area contributed by atoms with E-state index in [1.807, 2.05) is 17.0 Å². The molecule has 1 saturated carbocycles. The second kappa shape index (κ2) is 11.8.